The second kappa shape index (κ2) is 7.07. The molecule has 0 amide bonds. The highest BCUT2D eigenvalue weighted by Gasteiger charge is 2.19. The van der Waals surface area contributed by atoms with Gasteiger partial charge in [0, 0.05) is 18.3 Å². The van der Waals surface area contributed by atoms with Crippen molar-refractivity contribution in [1.29, 1.82) is 0 Å². The normalized spacial score (nSPS) is 13.6. The summed E-state index contributed by atoms with van der Waals surface area (Å²) < 4.78 is 0. The number of thioether (sulfide) groups is 1. The highest BCUT2D eigenvalue weighted by Crippen LogP contribution is 2.29. The molecule has 1 atom stereocenters. The minimum Gasteiger partial charge on any atom is -0.309 e. The minimum atomic E-state index is 0.354. The summed E-state index contributed by atoms with van der Waals surface area (Å²) in [4.78, 5) is 0. The van der Waals surface area contributed by atoms with Gasteiger partial charge in [-0.25, -0.2) is 0 Å². The maximum atomic E-state index is 3.67. The molecular formula is C15H25NS. The molecule has 96 valence electrons. The predicted octanol–water partition coefficient (Wildman–Crippen LogP) is 4.12. The van der Waals surface area contributed by atoms with Gasteiger partial charge in [0.1, 0.15) is 0 Å². The fourth-order valence-corrected chi connectivity index (χ4v) is 2.26. The van der Waals surface area contributed by atoms with Crippen LogP contribution in [-0.2, 0) is 0 Å². The number of rotatable bonds is 6. The second-order valence-electron chi connectivity index (χ2n) is 5.67. The van der Waals surface area contributed by atoms with Crippen molar-refractivity contribution in [2.24, 2.45) is 5.41 Å². The first-order chi connectivity index (χ1) is 8.03. The van der Waals surface area contributed by atoms with E-state index in [0.717, 1.165) is 6.54 Å². The van der Waals surface area contributed by atoms with Crippen LogP contribution in [0.15, 0.2) is 30.3 Å². The van der Waals surface area contributed by atoms with Gasteiger partial charge < -0.3 is 5.32 Å². The van der Waals surface area contributed by atoms with Crippen LogP contribution < -0.4 is 5.32 Å². The highest BCUT2D eigenvalue weighted by molar-refractivity contribution is 7.98. The number of nitrogens with one attached hydrogen (secondary N) is 1. The molecule has 0 aromatic heterocycles. The quantitative estimate of drug-likeness (QED) is 0.763. The Labute approximate surface area is 110 Å². The van der Waals surface area contributed by atoms with E-state index < -0.39 is 0 Å². The zero-order chi connectivity index (χ0) is 12.7. The summed E-state index contributed by atoms with van der Waals surface area (Å²) >= 11 is 1.89. The molecule has 0 aliphatic carbocycles. The summed E-state index contributed by atoms with van der Waals surface area (Å²) in [5.74, 6) is 1.17. The van der Waals surface area contributed by atoms with Gasteiger partial charge in [0.2, 0.25) is 0 Å². The first-order valence-corrected chi connectivity index (χ1v) is 7.69. The molecule has 0 fully saturated rings. The molecule has 0 radical (unpaired) electrons. The lowest BCUT2D eigenvalue weighted by atomic mass is 9.85. The molecule has 0 spiro atoms. The Morgan fingerprint density at radius 3 is 2.35 bits per heavy atom. The Hall–Kier alpha value is -0.470. The fourth-order valence-electron chi connectivity index (χ4n) is 1.94. The van der Waals surface area contributed by atoms with Gasteiger partial charge in [-0.05, 0) is 23.7 Å². The van der Waals surface area contributed by atoms with E-state index in [1.54, 1.807) is 0 Å². The van der Waals surface area contributed by atoms with E-state index in [1.165, 1.54) is 17.7 Å². The van der Waals surface area contributed by atoms with Crippen LogP contribution in [0.25, 0.3) is 0 Å². The van der Waals surface area contributed by atoms with Crippen LogP contribution in [0.2, 0.25) is 0 Å². The molecule has 1 aromatic rings. The molecule has 0 saturated heterocycles. The van der Waals surface area contributed by atoms with Crippen LogP contribution in [0.4, 0.5) is 0 Å². The van der Waals surface area contributed by atoms with Crippen LogP contribution in [0, 0.1) is 5.41 Å². The first kappa shape index (κ1) is 14.6. The van der Waals surface area contributed by atoms with Crippen molar-refractivity contribution in [3.63, 3.8) is 0 Å². The standard InChI is InChI=1S/C15H25NS/c1-15(2,3)12-14(16-10-11-17-4)13-8-6-5-7-9-13/h5-9,14,16H,10-12H2,1-4H3. The van der Waals surface area contributed by atoms with Gasteiger partial charge in [-0.1, -0.05) is 51.1 Å². The first-order valence-electron chi connectivity index (χ1n) is 6.30. The molecule has 1 nitrogen and oxygen atoms in total. The molecule has 0 saturated carbocycles. The van der Waals surface area contributed by atoms with Gasteiger partial charge in [-0.15, -0.1) is 0 Å². The third-order valence-electron chi connectivity index (χ3n) is 2.72. The Bertz CT molecular complexity index is 302. The molecule has 0 aliphatic heterocycles. The SMILES string of the molecule is CSCCNC(CC(C)(C)C)c1ccccc1. The average molecular weight is 251 g/mol. The van der Waals surface area contributed by atoms with Gasteiger partial charge in [0.05, 0.1) is 0 Å². The van der Waals surface area contributed by atoms with E-state index in [1.807, 2.05) is 11.8 Å². The smallest absolute Gasteiger partial charge is 0.0325 e. The van der Waals surface area contributed by atoms with Crippen molar-refractivity contribution in [3.05, 3.63) is 35.9 Å². The monoisotopic (exact) mass is 251 g/mol. The summed E-state index contributed by atoms with van der Waals surface area (Å²) in [5, 5.41) is 3.67. The lowest BCUT2D eigenvalue weighted by molar-refractivity contribution is 0.314. The van der Waals surface area contributed by atoms with Gasteiger partial charge in [0.25, 0.3) is 0 Å². The number of hydrogen-bond acceptors (Lipinski definition) is 2. The van der Waals surface area contributed by atoms with Crippen molar-refractivity contribution in [1.82, 2.24) is 5.32 Å². The van der Waals surface area contributed by atoms with E-state index in [2.05, 4.69) is 62.7 Å². The molecular weight excluding hydrogens is 226 g/mol. The summed E-state index contributed by atoms with van der Waals surface area (Å²) in [6.07, 6.45) is 3.33. The Kier molecular flexibility index (Phi) is 6.07. The third kappa shape index (κ3) is 6.13. The van der Waals surface area contributed by atoms with Crippen LogP contribution in [0.5, 0.6) is 0 Å². The topological polar surface area (TPSA) is 12.0 Å². The van der Waals surface area contributed by atoms with Crippen LogP contribution in [0.1, 0.15) is 38.8 Å². The van der Waals surface area contributed by atoms with Crippen molar-refractivity contribution in [3.8, 4) is 0 Å². The molecule has 17 heavy (non-hydrogen) atoms. The maximum Gasteiger partial charge on any atom is 0.0325 e. The molecule has 1 aromatic carbocycles. The van der Waals surface area contributed by atoms with E-state index in [-0.39, 0.29) is 0 Å². The largest absolute Gasteiger partial charge is 0.309 e. The number of benzene rings is 1. The average Bonchev–Trinajstić information content (AvgIpc) is 2.28. The number of hydrogen-bond donors (Lipinski definition) is 1. The highest BCUT2D eigenvalue weighted by atomic mass is 32.2. The van der Waals surface area contributed by atoms with E-state index in [9.17, 15) is 0 Å². The molecule has 0 bridgehead atoms. The van der Waals surface area contributed by atoms with Gasteiger partial charge in [-0.2, -0.15) is 11.8 Å². The fraction of sp³-hybridized carbons (Fsp3) is 0.600. The summed E-state index contributed by atoms with van der Waals surface area (Å²) in [6, 6.07) is 11.3. The molecule has 1 rings (SSSR count). The molecule has 1 unspecified atom stereocenters. The van der Waals surface area contributed by atoms with Gasteiger partial charge in [0.15, 0.2) is 0 Å². The Morgan fingerprint density at radius 2 is 1.82 bits per heavy atom. The van der Waals surface area contributed by atoms with E-state index >= 15 is 0 Å². The van der Waals surface area contributed by atoms with Crippen molar-refractivity contribution >= 4 is 11.8 Å². The molecule has 0 heterocycles. The zero-order valence-corrected chi connectivity index (χ0v) is 12.3. The van der Waals surface area contributed by atoms with Gasteiger partial charge in [-0.3, -0.25) is 0 Å². The van der Waals surface area contributed by atoms with Crippen molar-refractivity contribution < 1.29 is 0 Å². The van der Waals surface area contributed by atoms with Crippen molar-refractivity contribution in [2.75, 3.05) is 18.6 Å². The van der Waals surface area contributed by atoms with Crippen LogP contribution >= 0.6 is 11.8 Å². The van der Waals surface area contributed by atoms with Crippen LogP contribution in [0.3, 0.4) is 0 Å². The lowest BCUT2D eigenvalue weighted by Gasteiger charge is -2.27. The second-order valence-corrected chi connectivity index (χ2v) is 6.66. The lowest BCUT2D eigenvalue weighted by Crippen LogP contribution is -2.27. The minimum absolute atomic E-state index is 0.354. The van der Waals surface area contributed by atoms with Crippen molar-refractivity contribution in [2.45, 2.75) is 33.2 Å². The third-order valence-corrected chi connectivity index (χ3v) is 3.33. The Balaban J connectivity index is 2.65. The summed E-state index contributed by atoms with van der Waals surface area (Å²) in [6.45, 7) is 7.99. The van der Waals surface area contributed by atoms with Crippen LogP contribution in [-0.4, -0.2) is 18.6 Å². The van der Waals surface area contributed by atoms with Gasteiger partial charge >= 0.3 is 0 Å². The predicted molar refractivity (Wildman–Crippen MR) is 79.6 cm³/mol. The summed E-state index contributed by atoms with van der Waals surface area (Å²) in [7, 11) is 0. The maximum absolute atomic E-state index is 3.67. The summed E-state index contributed by atoms with van der Waals surface area (Å²) in [5.41, 5.74) is 1.76. The Morgan fingerprint density at radius 1 is 1.18 bits per heavy atom. The molecule has 0 aliphatic rings. The molecule has 2 heteroatoms. The van der Waals surface area contributed by atoms with E-state index in [4.69, 9.17) is 0 Å². The molecule has 1 N–H and O–H groups in total. The van der Waals surface area contributed by atoms with E-state index in [0.29, 0.717) is 11.5 Å². The zero-order valence-electron chi connectivity index (χ0n) is 11.5.